The summed E-state index contributed by atoms with van der Waals surface area (Å²) >= 11 is 0.599. The van der Waals surface area contributed by atoms with Crippen molar-refractivity contribution in [2.45, 2.75) is 62.6 Å². The number of halogens is 2. The number of alkyl halides is 2. The minimum absolute atomic E-state index is 0.516. The largest absolute Gasteiger partial charge is 0.382 e. The average Bonchev–Trinajstić information content (AvgIpc) is 2.66. The van der Waals surface area contributed by atoms with Crippen molar-refractivity contribution in [1.82, 2.24) is 0 Å². The van der Waals surface area contributed by atoms with Gasteiger partial charge < -0.3 is 5.32 Å². The second-order valence-corrected chi connectivity index (χ2v) is 7.32. The smallest absolute Gasteiger partial charge is 0.288 e. The Kier molecular flexibility index (Phi) is 6.34. The molecule has 0 saturated heterocycles. The molecule has 1 aliphatic carbocycles. The van der Waals surface area contributed by atoms with Crippen LogP contribution >= 0.6 is 11.8 Å². The SMILES string of the molecule is CC(C)C1CCCC(Nc2ccc(SC(F)F)cc2)CC1. The lowest BCUT2D eigenvalue weighted by Crippen LogP contribution is -2.18. The van der Waals surface area contributed by atoms with Crippen LogP contribution < -0.4 is 5.32 Å². The summed E-state index contributed by atoms with van der Waals surface area (Å²) in [5.74, 6) is -0.727. The molecule has 2 rings (SSSR count). The van der Waals surface area contributed by atoms with Gasteiger partial charge in [0.05, 0.1) is 0 Å². The normalized spacial score (nSPS) is 23.3. The first-order valence-corrected chi connectivity index (χ1v) is 8.74. The van der Waals surface area contributed by atoms with E-state index in [0.29, 0.717) is 22.7 Å². The first kappa shape index (κ1) is 16.6. The number of rotatable bonds is 5. The van der Waals surface area contributed by atoms with Crippen LogP contribution in [0, 0.1) is 11.8 Å². The zero-order valence-corrected chi connectivity index (χ0v) is 13.6. The Bertz CT molecular complexity index is 419. The minimum atomic E-state index is -2.35. The topological polar surface area (TPSA) is 12.0 Å². The summed E-state index contributed by atoms with van der Waals surface area (Å²) in [6, 6.07) is 7.88. The Morgan fingerprint density at radius 3 is 2.38 bits per heavy atom. The Morgan fingerprint density at radius 1 is 1.05 bits per heavy atom. The number of thioether (sulfide) groups is 1. The lowest BCUT2D eigenvalue weighted by molar-refractivity contribution is 0.252. The van der Waals surface area contributed by atoms with Crippen LogP contribution in [0.4, 0.5) is 14.5 Å². The van der Waals surface area contributed by atoms with Gasteiger partial charge in [0.15, 0.2) is 0 Å². The van der Waals surface area contributed by atoms with Gasteiger partial charge in [0.2, 0.25) is 0 Å². The lowest BCUT2D eigenvalue weighted by Gasteiger charge is -2.20. The fraction of sp³-hybridized carbons (Fsp3) is 0.647. The molecule has 1 aromatic rings. The molecular formula is C17H25F2NS. The van der Waals surface area contributed by atoms with Crippen LogP contribution in [0.2, 0.25) is 0 Å². The molecule has 0 amide bonds. The summed E-state index contributed by atoms with van der Waals surface area (Å²) in [6.07, 6.45) is 6.31. The van der Waals surface area contributed by atoms with Crippen LogP contribution in [0.1, 0.15) is 46.0 Å². The molecule has 1 saturated carbocycles. The molecular weight excluding hydrogens is 288 g/mol. The van der Waals surface area contributed by atoms with Crippen molar-refractivity contribution in [3.05, 3.63) is 24.3 Å². The zero-order chi connectivity index (χ0) is 15.2. The molecule has 1 nitrogen and oxygen atoms in total. The summed E-state index contributed by atoms with van der Waals surface area (Å²) in [6.45, 7) is 4.63. The third-order valence-electron chi connectivity index (χ3n) is 4.41. The molecule has 0 radical (unpaired) electrons. The van der Waals surface area contributed by atoms with Crippen molar-refractivity contribution in [3.8, 4) is 0 Å². The van der Waals surface area contributed by atoms with Crippen LogP contribution in [0.5, 0.6) is 0 Å². The maximum absolute atomic E-state index is 12.3. The van der Waals surface area contributed by atoms with E-state index in [9.17, 15) is 8.78 Å². The van der Waals surface area contributed by atoms with E-state index < -0.39 is 5.76 Å². The molecule has 1 aromatic carbocycles. The zero-order valence-electron chi connectivity index (χ0n) is 12.8. The molecule has 0 bridgehead atoms. The number of hydrogen-bond acceptors (Lipinski definition) is 2. The molecule has 118 valence electrons. The third kappa shape index (κ3) is 5.50. The van der Waals surface area contributed by atoms with Crippen LogP contribution in [0.3, 0.4) is 0 Å². The van der Waals surface area contributed by atoms with Gasteiger partial charge >= 0.3 is 0 Å². The molecule has 2 unspecified atom stereocenters. The Morgan fingerprint density at radius 2 is 1.76 bits per heavy atom. The summed E-state index contributed by atoms with van der Waals surface area (Å²) in [5, 5.41) is 3.56. The maximum Gasteiger partial charge on any atom is 0.288 e. The second kappa shape index (κ2) is 8.02. The highest BCUT2D eigenvalue weighted by Crippen LogP contribution is 2.31. The highest BCUT2D eigenvalue weighted by atomic mass is 32.2. The Hall–Kier alpha value is -0.770. The maximum atomic E-state index is 12.3. The van der Waals surface area contributed by atoms with Crippen molar-refractivity contribution >= 4 is 17.4 Å². The van der Waals surface area contributed by atoms with Gasteiger partial charge in [-0.05, 0) is 55.4 Å². The average molecular weight is 313 g/mol. The van der Waals surface area contributed by atoms with Crippen molar-refractivity contribution in [2.75, 3.05) is 5.32 Å². The van der Waals surface area contributed by atoms with E-state index in [0.717, 1.165) is 17.5 Å². The second-order valence-electron chi connectivity index (χ2n) is 6.26. The molecule has 0 aromatic heterocycles. The van der Waals surface area contributed by atoms with Gasteiger partial charge in [-0.2, -0.15) is 8.78 Å². The first-order chi connectivity index (χ1) is 10.0. The number of nitrogens with one attached hydrogen (secondary N) is 1. The Labute approximate surface area is 130 Å². The molecule has 2 atom stereocenters. The summed E-state index contributed by atoms with van der Waals surface area (Å²) in [7, 11) is 0. The van der Waals surface area contributed by atoms with Gasteiger partial charge in [0.25, 0.3) is 5.76 Å². The molecule has 1 aliphatic rings. The standard InChI is InChI=1S/C17H25F2NS/c1-12(2)13-4-3-5-14(7-6-13)20-15-8-10-16(11-9-15)21-17(18)19/h8-14,17,20H,3-7H2,1-2H3. The van der Waals surface area contributed by atoms with E-state index in [1.165, 1.54) is 32.1 Å². The predicted octanol–water partition coefficient (Wildman–Crippen LogP) is 6.02. The van der Waals surface area contributed by atoms with Crippen LogP contribution in [0.25, 0.3) is 0 Å². The minimum Gasteiger partial charge on any atom is -0.382 e. The van der Waals surface area contributed by atoms with Crippen LogP contribution in [-0.4, -0.2) is 11.8 Å². The molecule has 0 aliphatic heterocycles. The van der Waals surface area contributed by atoms with Gasteiger partial charge in [0, 0.05) is 16.6 Å². The molecule has 21 heavy (non-hydrogen) atoms. The van der Waals surface area contributed by atoms with E-state index in [1.807, 2.05) is 12.1 Å². The lowest BCUT2D eigenvalue weighted by atomic mass is 9.89. The van der Waals surface area contributed by atoms with Gasteiger partial charge in [-0.1, -0.05) is 38.5 Å². The van der Waals surface area contributed by atoms with Gasteiger partial charge in [-0.3, -0.25) is 0 Å². The quantitative estimate of drug-likeness (QED) is 0.527. The van der Waals surface area contributed by atoms with E-state index in [4.69, 9.17) is 0 Å². The number of anilines is 1. The number of hydrogen-bond donors (Lipinski definition) is 1. The first-order valence-electron chi connectivity index (χ1n) is 7.86. The highest BCUT2D eigenvalue weighted by molar-refractivity contribution is 7.99. The van der Waals surface area contributed by atoms with E-state index in [-0.39, 0.29) is 0 Å². The molecule has 1 fully saturated rings. The van der Waals surface area contributed by atoms with Crippen molar-refractivity contribution in [2.24, 2.45) is 11.8 Å². The fourth-order valence-corrected chi connectivity index (χ4v) is 3.61. The number of benzene rings is 1. The van der Waals surface area contributed by atoms with Crippen LogP contribution in [0.15, 0.2) is 29.2 Å². The van der Waals surface area contributed by atoms with Crippen molar-refractivity contribution in [1.29, 1.82) is 0 Å². The molecule has 4 heteroatoms. The van der Waals surface area contributed by atoms with Crippen LogP contribution in [-0.2, 0) is 0 Å². The molecule has 0 heterocycles. The van der Waals surface area contributed by atoms with E-state index >= 15 is 0 Å². The van der Waals surface area contributed by atoms with Gasteiger partial charge in [-0.25, -0.2) is 0 Å². The van der Waals surface area contributed by atoms with E-state index in [2.05, 4.69) is 19.2 Å². The van der Waals surface area contributed by atoms with Gasteiger partial charge in [-0.15, -0.1) is 0 Å². The third-order valence-corrected chi connectivity index (χ3v) is 5.13. The summed E-state index contributed by atoms with van der Waals surface area (Å²) in [5.41, 5.74) is 1.04. The molecule has 0 spiro atoms. The summed E-state index contributed by atoms with van der Waals surface area (Å²) in [4.78, 5) is 0.622. The Balaban J connectivity index is 1.86. The van der Waals surface area contributed by atoms with Crippen molar-refractivity contribution < 1.29 is 8.78 Å². The monoisotopic (exact) mass is 313 g/mol. The summed E-state index contributed by atoms with van der Waals surface area (Å²) < 4.78 is 24.6. The highest BCUT2D eigenvalue weighted by Gasteiger charge is 2.20. The fourth-order valence-electron chi connectivity index (χ4n) is 3.11. The molecule has 1 N–H and O–H groups in total. The van der Waals surface area contributed by atoms with E-state index in [1.54, 1.807) is 12.1 Å². The van der Waals surface area contributed by atoms with Crippen molar-refractivity contribution in [3.63, 3.8) is 0 Å². The van der Waals surface area contributed by atoms with Gasteiger partial charge in [0.1, 0.15) is 0 Å². The predicted molar refractivity (Wildman–Crippen MR) is 87.1 cm³/mol.